The van der Waals surface area contributed by atoms with Crippen molar-refractivity contribution in [3.8, 4) is 0 Å². The van der Waals surface area contributed by atoms with Gasteiger partial charge >= 0.3 is 0 Å². The smallest absolute Gasteiger partial charge is 0.164 e. The Labute approximate surface area is 171 Å². The molecule has 0 spiro atoms. The molecule has 1 unspecified atom stereocenters. The minimum Gasteiger partial charge on any atom is -0.387 e. The van der Waals surface area contributed by atoms with Crippen molar-refractivity contribution in [1.82, 2.24) is 14.5 Å². The first-order valence-corrected chi connectivity index (χ1v) is 9.73. The lowest BCUT2D eigenvalue weighted by Crippen LogP contribution is -2.39. The van der Waals surface area contributed by atoms with E-state index >= 15 is 0 Å². The van der Waals surface area contributed by atoms with Gasteiger partial charge in [0.25, 0.3) is 0 Å². The molecule has 1 aromatic carbocycles. The fourth-order valence-electron chi connectivity index (χ4n) is 4.23. The molecule has 2 aliphatic heterocycles. The summed E-state index contributed by atoms with van der Waals surface area (Å²) in [6.45, 7) is 1.87. The number of rotatable bonds is 2. The van der Waals surface area contributed by atoms with Crippen LogP contribution in [0.4, 0.5) is 0 Å². The number of aliphatic hydroxyl groups is 3. The standard InChI is InChI=1S/C20H20ClN3O5/c1-9-12-4-5-24(19(12)23-8-22-9)20-16(27)15(26)18(29-20)17-13-3-2-11(21)6-10(13)7-14(25)28-17/h2-6,8,14-18,20,25-27H,7H2,1H3/t14?,15-,16+,17+,18-,20+/m0/s1. The van der Waals surface area contributed by atoms with Gasteiger partial charge in [-0.25, -0.2) is 9.97 Å². The lowest BCUT2D eigenvalue weighted by atomic mass is 9.91. The number of halogens is 1. The van der Waals surface area contributed by atoms with Gasteiger partial charge in [-0.1, -0.05) is 17.7 Å². The van der Waals surface area contributed by atoms with E-state index in [-0.39, 0.29) is 0 Å². The summed E-state index contributed by atoms with van der Waals surface area (Å²) in [5.74, 6) is 0. The van der Waals surface area contributed by atoms with Crippen LogP contribution in [0, 0.1) is 6.92 Å². The molecule has 0 aliphatic carbocycles. The van der Waals surface area contributed by atoms with Crippen LogP contribution in [0.25, 0.3) is 11.0 Å². The Hall–Kier alpha value is -2.07. The van der Waals surface area contributed by atoms with Gasteiger partial charge < -0.3 is 29.4 Å². The van der Waals surface area contributed by atoms with Gasteiger partial charge in [-0.2, -0.15) is 0 Å². The van der Waals surface area contributed by atoms with Gasteiger partial charge in [-0.15, -0.1) is 0 Å². The van der Waals surface area contributed by atoms with Crippen molar-refractivity contribution in [2.24, 2.45) is 0 Å². The number of ether oxygens (including phenoxy) is 2. The van der Waals surface area contributed by atoms with Crippen molar-refractivity contribution in [3.63, 3.8) is 0 Å². The van der Waals surface area contributed by atoms with E-state index in [0.29, 0.717) is 17.1 Å². The maximum Gasteiger partial charge on any atom is 0.164 e. The first kappa shape index (κ1) is 18.9. The van der Waals surface area contributed by atoms with E-state index in [1.807, 2.05) is 13.0 Å². The quantitative estimate of drug-likeness (QED) is 0.581. The number of aromatic nitrogens is 3. The number of nitrogens with zero attached hydrogens (tertiary/aromatic N) is 3. The predicted octanol–water partition coefficient (Wildman–Crippen LogP) is 1.64. The van der Waals surface area contributed by atoms with E-state index in [4.69, 9.17) is 21.1 Å². The highest BCUT2D eigenvalue weighted by molar-refractivity contribution is 6.30. The summed E-state index contributed by atoms with van der Waals surface area (Å²) in [5, 5.41) is 33.1. The van der Waals surface area contributed by atoms with E-state index in [1.54, 1.807) is 29.0 Å². The Balaban J connectivity index is 1.51. The first-order valence-electron chi connectivity index (χ1n) is 9.35. The number of fused-ring (bicyclic) bond motifs is 2. The summed E-state index contributed by atoms with van der Waals surface area (Å²) >= 11 is 6.08. The second-order valence-corrected chi connectivity index (χ2v) is 7.89. The van der Waals surface area contributed by atoms with Crippen molar-refractivity contribution in [2.75, 3.05) is 0 Å². The highest BCUT2D eigenvalue weighted by Crippen LogP contribution is 2.42. The zero-order chi connectivity index (χ0) is 20.3. The highest BCUT2D eigenvalue weighted by Gasteiger charge is 2.50. The molecule has 0 saturated carbocycles. The molecular weight excluding hydrogens is 398 g/mol. The number of benzene rings is 1. The highest BCUT2D eigenvalue weighted by atomic mass is 35.5. The molecule has 1 saturated heterocycles. The maximum atomic E-state index is 10.8. The largest absolute Gasteiger partial charge is 0.387 e. The minimum absolute atomic E-state index is 0.291. The topological polar surface area (TPSA) is 110 Å². The van der Waals surface area contributed by atoms with Gasteiger partial charge in [0.2, 0.25) is 0 Å². The van der Waals surface area contributed by atoms with Crippen molar-refractivity contribution in [3.05, 3.63) is 58.6 Å². The van der Waals surface area contributed by atoms with E-state index in [9.17, 15) is 15.3 Å². The van der Waals surface area contributed by atoms with Crippen molar-refractivity contribution >= 4 is 22.6 Å². The molecule has 0 bridgehead atoms. The van der Waals surface area contributed by atoms with Gasteiger partial charge in [-0.3, -0.25) is 0 Å². The zero-order valence-electron chi connectivity index (χ0n) is 15.5. The lowest BCUT2D eigenvalue weighted by Gasteiger charge is -2.34. The van der Waals surface area contributed by atoms with Crippen LogP contribution in [0.5, 0.6) is 0 Å². The number of aliphatic hydroxyl groups excluding tert-OH is 3. The van der Waals surface area contributed by atoms with Crippen molar-refractivity contribution in [1.29, 1.82) is 0 Å². The summed E-state index contributed by atoms with van der Waals surface area (Å²) in [5.41, 5.74) is 3.01. The molecule has 5 rings (SSSR count). The van der Waals surface area contributed by atoms with Crippen LogP contribution in [0.15, 0.2) is 36.8 Å². The molecule has 2 aliphatic rings. The van der Waals surface area contributed by atoms with E-state index < -0.39 is 36.9 Å². The van der Waals surface area contributed by atoms with E-state index in [1.165, 1.54) is 6.33 Å². The molecule has 9 heteroatoms. The molecular formula is C20H20ClN3O5. The fourth-order valence-corrected chi connectivity index (χ4v) is 4.42. The molecule has 6 atom stereocenters. The van der Waals surface area contributed by atoms with Gasteiger partial charge in [0.15, 0.2) is 12.5 Å². The summed E-state index contributed by atoms with van der Waals surface area (Å²) < 4.78 is 13.5. The molecule has 1 fully saturated rings. The van der Waals surface area contributed by atoms with Crippen molar-refractivity contribution < 1.29 is 24.8 Å². The Morgan fingerprint density at radius 2 is 1.93 bits per heavy atom. The lowest BCUT2D eigenvalue weighted by molar-refractivity contribution is -0.195. The molecule has 29 heavy (non-hydrogen) atoms. The Kier molecular flexibility index (Phi) is 4.58. The van der Waals surface area contributed by atoms with Crippen molar-refractivity contribution in [2.45, 2.75) is 50.3 Å². The first-order chi connectivity index (χ1) is 13.9. The van der Waals surface area contributed by atoms with E-state index in [0.717, 1.165) is 22.2 Å². The molecule has 0 radical (unpaired) electrons. The van der Waals surface area contributed by atoms with Gasteiger partial charge in [0.05, 0.1) is 5.69 Å². The number of aryl methyl sites for hydroxylation is 1. The monoisotopic (exact) mass is 417 g/mol. The second kappa shape index (κ2) is 7.02. The summed E-state index contributed by atoms with van der Waals surface area (Å²) in [6, 6.07) is 7.14. The molecule has 3 N–H and O–H groups in total. The average molecular weight is 418 g/mol. The maximum absolute atomic E-state index is 10.8. The molecule has 4 heterocycles. The Morgan fingerprint density at radius 3 is 2.76 bits per heavy atom. The Bertz CT molecular complexity index is 1070. The fraction of sp³-hybridized carbons (Fsp3) is 0.400. The van der Waals surface area contributed by atoms with Crippen LogP contribution < -0.4 is 0 Å². The average Bonchev–Trinajstić information content (AvgIpc) is 3.23. The summed E-state index contributed by atoms with van der Waals surface area (Å²) in [7, 11) is 0. The van der Waals surface area contributed by atoms with Crippen LogP contribution in [-0.2, 0) is 15.9 Å². The molecule has 3 aromatic rings. The van der Waals surface area contributed by atoms with Crippen LogP contribution in [0.3, 0.4) is 0 Å². The number of hydrogen-bond donors (Lipinski definition) is 3. The molecule has 2 aromatic heterocycles. The van der Waals surface area contributed by atoms with Crippen LogP contribution in [-0.4, -0.2) is 54.5 Å². The third-order valence-corrected chi connectivity index (χ3v) is 5.90. The summed E-state index contributed by atoms with van der Waals surface area (Å²) in [6.07, 6.45) is -2.49. The van der Waals surface area contributed by atoms with Gasteiger partial charge in [-0.05, 0) is 36.2 Å². The predicted molar refractivity (Wildman–Crippen MR) is 103 cm³/mol. The SMILES string of the molecule is Cc1ncnc2c1ccn2[C@@H]1O[C@H]([C@@H]2OC(O)Cc3cc(Cl)ccc32)[C@@H](O)[C@H]1O. The molecule has 152 valence electrons. The zero-order valence-corrected chi connectivity index (χ0v) is 16.3. The van der Waals surface area contributed by atoms with Gasteiger partial charge in [0.1, 0.15) is 36.4 Å². The van der Waals surface area contributed by atoms with Crippen LogP contribution in [0.1, 0.15) is 29.2 Å². The molecule has 0 amide bonds. The Morgan fingerprint density at radius 1 is 1.10 bits per heavy atom. The third-order valence-electron chi connectivity index (χ3n) is 5.67. The minimum atomic E-state index is -1.22. The van der Waals surface area contributed by atoms with Crippen LogP contribution in [0.2, 0.25) is 5.02 Å². The number of hydrogen-bond acceptors (Lipinski definition) is 7. The van der Waals surface area contributed by atoms with E-state index in [2.05, 4.69) is 9.97 Å². The normalized spacial score (nSPS) is 31.9. The van der Waals surface area contributed by atoms with Crippen LogP contribution >= 0.6 is 11.6 Å². The third kappa shape index (κ3) is 3.04. The second-order valence-electron chi connectivity index (χ2n) is 7.45. The molecule has 8 nitrogen and oxygen atoms in total. The van der Waals surface area contributed by atoms with Gasteiger partial charge in [0, 0.05) is 23.0 Å². The summed E-state index contributed by atoms with van der Waals surface area (Å²) in [4.78, 5) is 8.47.